The lowest BCUT2D eigenvalue weighted by atomic mass is 9.88. The van der Waals surface area contributed by atoms with E-state index in [-0.39, 0.29) is 42.7 Å². The van der Waals surface area contributed by atoms with E-state index in [0.717, 1.165) is 12.0 Å². The summed E-state index contributed by atoms with van der Waals surface area (Å²) in [6.07, 6.45) is 6.63. The summed E-state index contributed by atoms with van der Waals surface area (Å²) < 4.78 is 13.1. The molecule has 1 saturated carbocycles. The van der Waals surface area contributed by atoms with Crippen molar-refractivity contribution in [2.45, 2.75) is 6.42 Å². The summed E-state index contributed by atoms with van der Waals surface area (Å²) >= 11 is 0. The lowest BCUT2D eigenvalue weighted by Crippen LogP contribution is -2.23. The van der Waals surface area contributed by atoms with Crippen LogP contribution in [0.4, 0.5) is 4.39 Å². The van der Waals surface area contributed by atoms with Crippen molar-refractivity contribution < 1.29 is 14.6 Å². The summed E-state index contributed by atoms with van der Waals surface area (Å²) in [6.45, 7) is 3.92. The van der Waals surface area contributed by atoms with Crippen LogP contribution in [0, 0.1) is 29.5 Å². The minimum Gasteiger partial charge on any atom is -0.396 e. The average molecular weight is 276 g/mol. The minimum atomic E-state index is -0.255. The molecule has 0 heterocycles. The Kier molecular flexibility index (Phi) is 5.10. The molecule has 2 rings (SSSR count). The maximum Gasteiger partial charge on any atom is 0.123 e. The number of allylic oxidation sites excluding steroid dienone is 2. The van der Waals surface area contributed by atoms with Crippen LogP contribution in [0.3, 0.4) is 0 Å². The SMILES string of the molecule is C=C[C@H]1C[C@@H](C=Cc2cccc(F)c2)[C@H](CO)[C@@H]1CO. The van der Waals surface area contributed by atoms with Crippen LogP contribution in [0.5, 0.6) is 0 Å². The van der Waals surface area contributed by atoms with Gasteiger partial charge in [-0.25, -0.2) is 4.39 Å². The van der Waals surface area contributed by atoms with Crippen molar-refractivity contribution >= 4 is 6.08 Å². The topological polar surface area (TPSA) is 40.5 Å². The van der Waals surface area contributed by atoms with Gasteiger partial charge in [-0.05, 0) is 47.8 Å². The van der Waals surface area contributed by atoms with Crippen molar-refractivity contribution in [1.82, 2.24) is 0 Å². The van der Waals surface area contributed by atoms with E-state index in [4.69, 9.17) is 0 Å². The summed E-state index contributed by atoms with van der Waals surface area (Å²) in [7, 11) is 0. The molecule has 1 aromatic rings. The van der Waals surface area contributed by atoms with Gasteiger partial charge in [0.25, 0.3) is 0 Å². The molecular formula is C17H21FO2. The van der Waals surface area contributed by atoms with Crippen molar-refractivity contribution in [3.8, 4) is 0 Å². The average Bonchev–Trinajstić information content (AvgIpc) is 2.81. The largest absolute Gasteiger partial charge is 0.396 e. The Bertz CT molecular complexity index is 484. The maximum absolute atomic E-state index is 13.1. The predicted octanol–water partition coefficient (Wildman–Crippen LogP) is 2.88. The van der Waals surface area contributed by atoms with Gasteiger partial charge in [-0.2, -0.15) is 0 Å². The zero-order chi connectivity index (χ0) is 14.5. The van der Waals surface area contributed by atoms with Gasteiger partial charge in [0.15, 0.2) is 0 Å². The Balaban J connectivity index is 2.13. The summed E-state index contributed by atoms with van der Waals surface area (Å²) in [6, 6.07) is 6.42. The van der Waals surface area contributed by atoms with Crippen molar-refractivity contribution in [3.63, 3.8) is 0 Å². The third kappa shape index (κ3) is 3.17. The fourth-order valence-electron chi connectivity index (χ4n) is 3.18. The van der Waals surface area contributed by atoms with E-state index < -0.39 is 0 Å². The minimum absolute atomic E-state index is 0.0350. The smallest absolute Gasteiger partial charge is 0.123 e. The van der Waals surface area contributed by atoms with E-state index in [9.17, 15) is 14.6 Å². The molecule has 0 spiro atoms. The number of rotatable bonds is 5. The molecule has 0 aromatic heterocycles. The Morgan fingerprint density at radius 2 is 1.90 bits per heavy atom. The molecule has 1 aromatic carbocycles. The van der Waals surface area contributed by atoms with Gasteiger partial charge in [0.1, 0.15) is 5.82 Å². The number of aliphatic hydroxyl groups is 2. The Morgan fingerprint density at radius 1 is 1.20 bits per heavy atom. The van der Waals surface area contributed by atoms with Gasteiger partial charge < -0.3 is 10.2 Å². The molecule has 1 fully saturated rings. The third-order valence-electron chi connectivity index (χ3n) is 4.30. The zero-order valence-corrected chi connectivity index (χ0v) is 11.5. The summed E-state index contributed by atoms with van der Waals surface area (Å²) in [5, 5.41) is 19.0. The molecule has 4 atom stereocenters. The van der Waals surface area contributed by atoms with E-state index >= 15 is 0 Å². The first-order chi connectivity index (χ1) is 9.69. The van der Waals surface area contributed by atoms with Crippen molar-refractivity contribution in [1.29, 1.82) is 0 Å². The standard InChI is InChI=1S/C17H21FO2/c1-2-13-9-14(17(11-20)16(13)10-19)7-6-12-4-3-5-15(18)8-12/h2-8,13-14,16-17,19-20H,1,9-11H2/t13-,14+,16+,17-/m0/s1. The van der Waals surface area contributed by atoms with Crippen LogP contribution in [-0.2, 0) is 0 Å². The Labute approximate surface area is 119 Å². The summed E-state index contributed by atoms with van der Waals surface area (Å²) in [4.78, 5) is 0. The van der Waals surface area contributed by atoms with Gasteiger partial charge >= 0.3 is 0 Å². The van der Waals surface area contributed by atoms with Gasteiger partial charge in [0, 0.05) is 13.2 Å². The highest BCUT2D eigenvalue weighted by Gasteiger charge is 2.39. The molecule has 1 aliphatic carbocycles. The van der Waals surface area contributed by atoms with E-state index in [1.165, 1.54) is 12.1 Å². The predicted molar refractivity (Wildman–Crippen MR) is 78.4 cm³/mol. The van der Waals surface area contributed by atoms with Crippen molar-refractivity contribution in [2.75, 3.05) is 13.2 Å². The number of hydrogen-bond donors (Lipinski definition) is 2. The molecule has 108 valence electrons. The Morgan fingerprint density at radius 3 is 2.50 bits per heavy atom. The number of benzene rings is 1. The molecule has 0 aliphatic heterocycles. The fourth-order valence-corrected chi connectivity index (χ4v) is 3.18. The van der Waals surface area contributed by atoms with Gasteiger partial charge in [-0.15, -0.1) is 6.58 Å². The first kappa shape index (κ1) is 14.9. The van der Waals surface area contributed by atoms with Crippen LogP contribution in [0.25, 0.3) is 6.08 Å². The van der Waals surface area contributed by atoms with Crippen molar-refractivity contribution in [3.05, 3.63) is 54.4 Å². The molecule has 0 amide bonds. The van der Waals surface area contributed by atoms with Crippen molar-refractivity contribution in [2.24, 2.45) is 23.7 Å². The van der Waals surface area contributed by atoms with Crippen LogP contribution < -0.4 is 0 Å². The molecule has 0 saturated heterocycles. The lowest BCUT2D eigenvalue weighted by Gasteiger charge is -2.20. The highest BCUT2D eigenvalue weighted by molar-refractivity contribution is 5.49. The van der Waals surface area contributed by atoms with Crippen LogP contribution in [-0.4, -0.2) is 23.4 Å². The van der Waals surface area contributed by atoms with Crippen LogP contribution in [0.2, 0.25) is 0 Å². The van der Waals surface area contributed by atoms with E-state index in [1.54, 1.807) is 6.07 Å². The molecule has 2 N–H and O–H groups in total. The first-order valence-electron chi connectivity index (χ1n) is 6.97. The van der Waals surface area contributed by atoms with Crippen LogP contribution in [0.15, 0.2) is 43.0 Å². The molecule has 1 aliphatic rings. The van der Waals surface area contributed by atoms with Gasteiger partial charge in [-0.1, -0.05) is 30.4 Å². The second kappa shape index (κ2) is 6.82. The number of hydrogen-bond acceptors (Lipinski definition) is 2. The van der Waals surface area contributed by atoms with E-state index in [2.05, 4.69) is 6.58 Å². The van der Waals surface area contributed by atoms with Gasteiger partial charge in [0.2, 0.25) is 0 Å². The monoisotopic (exact) mass is 276 g/mol. The molecule has 0 unspecified atom stereocenters. The van der Waals surface area contributed by atoms with Gasteiger partial charge in [0.05, 0.1) is 0 Å². The Hall–Kier alpha value is -1.45. The first-order valence-corrected chi connectivity index (χ1v) is 6.97. The maximum atomic E-state index is 13.1. The van der Waals surface area contributed by atoms with Gasteiger partial charge in [-0.3, -0.25) is 0 Å². The highest BCUT2D eigenvalue weighted by Crippen LogP contribution is 2.42. The quantitative estimate of drug-likeness (QED) is 0.812. The molecule has 20 heavy (non-hydrogen) atoms. The molecule has 0 bridgehead atoms. The second-order valence-corrected chi connectivity index (χ2v) is 5.41. The molecule has 3 heteroatoms. The number of aliphatic hydroxyl groups excluding tert-OH is 2. The second-order valence-electron chi connectivity index (χ2n) is 5.41. The summed E-state index contributed by atoms with van der Waals surface area (Å²) in [5.74, 6) is 0.240. The zero-order valence-electron chi connectivity index (χ0n) is 11.5. The highest BCUT2D eigenvalue weighted by atomic mass is 19.1. The van der Waals surface area contributed by atoms with E-state index in [0.29, 0.717) is 0 Å². The summed E-state index contributed by atoms with van der Waals surface area (Å²) in [5.41, 5.74) is 0.810. The molecule has 2 nitrogen and oxygen atoms in total. The molecule has 0 radical (unpaired) electrons. The van der Waals surface area contributed by atoms with Crippen LogP contribution in [0.1, 0.15) is 12.0 Å². The normalized spacial score (nSPS) is 29.9. The third-order valence-corrected chi connectivity index (χ3v) is 4.30. The fraction of sp³-hybridized carbons (Fsp3) is 0.412. The molecular weight excluding hydrogens is 255 g/mol. The lowest BCUT2D eigenvalue weighted by molar-refractivity contribution is 0.118. The van der Waals surface area contributed by atoms with Crippen LogP contribution >= 0.6 is 0 Å². The number of halogens is 1. The van der Waals surface area contributed by atoms with E-state index in [1.807, 2.05) is 24.3 Å².